The number of carbonyl (C=O) groups is 1. The Hall–Kier alpha value is -1.84. The minimum Gasteiger partial charge on any atom is -0.370 e. The summed E-state index contributed by atoms with van der Waals surface area (Å²) < 4.78 is 0. The van der Waals surface area contributed by atoms with E-state index in [-0.39, 0.29) is 5.92 Å². The van der Waals surface area contributed by atoms with Gasteiger partial charge in [0.2, 0.25) is 5.91 Å². The van der Waals surface area contributed by atoms with E-state index in [0.29, 0.717) is 5.91 Å². The number of nitrogens with zero attached hydrogens (tertiary/aromatic N) is 3. The molecule has 2 aliphatic rings. The van der Waals surface area contributed by atoms with Crippen LogP contribution in [0.5, 0.6) is 0 Å². The molecule has 1 atom stereocenters. The molecule has 0 radical (unpaired) electrons. The number of allylic oxidation sites excluding steroid dienone is 2. The number of carbonyl (C=O) groups excluding carboxylic acids is 1. The number of rotatable bonds is 2. The fourth-order valence-electron chi connectivity index (χ4n) is 3.40. The third-order valence-corrected chi connectivity index (χ3v) is 4.67. The Morgan fingerprint density at radius 2 is 2.14 bits per heavy atom. The summed E-state index contributed by atoms with van der Waals surface area (Å²) in [5.74, 6) is 0.567. The zero-order valence-corrected chi connectivity index (χ0v) is 13.4. The van der Waals surface area contributed by atoms with E-state index in [0.717, 1.165) is 57.6 Å². The minimum atomic E-state index is 0.208. The summed E-state index contributed by atoms with van der Waals surface area (Å²) in [5.41, 5.74) is 2.27. The summed E-state index contributed by atoms with van der Waals surface area (Å²) in [6.07, 6.45) is 10.2. The van der Waals surface area contributed by atoms with Gasteiger partial charge in [-0.3, -0.25) is 9.78 Å². The number of hydrogen-bond donors (Lipinski definition) is 0. The van der Waals surface area contributed by atoms with E-state index < -0.39 is 0 Å². The molecule has 0 bridgehead atoms. The molecule has 118 valence electrons. The first kappa shape index (κ1) is 15.1. The summed E-state index contributed by atoms with van der Waals surface area (Å²) in [5, 5.41) is 0. The van der Waals surface area contributed by atoms with Crippen LogP contribution in [0.1, 0.15) is 31.4 Å². The zero-order chi connectivity index (χ0) is 15.4. The topological polar surface area (TPSA) is 36.4 Å². The lowest BCUT2D eigenvalue weighted by Crippen LogP contribution is -2.39. The highest BCUT2D eigenvalue weighted by molar-refractivity contribution is 5.79. The van der Waals surface area contributed by atoms with E-state index in [1.807, 2.05) is 13.1 Å². The normalized spacial score (nSPS) is 22.5. The predicted molar refractivity (Wildman–Crippen MR) is 88.9 cm³/mol. The number of hydrogen-bond acceptors (Lipinski definition) is 3. The first-order valence-corrected chi connectivity index (χ1v) is 8.35. The van der Waals surface area contributed by atoms with E-state index in [1.54, 1.807) is 0 Å². The first-order chi connectivity index (χ1) is 10.7. The molecule has 1 amide bonds. The summed E-state index contributed by atoms with van der Waals surface area (Å²) >= 11 is 0. The fraction of sp³-hybridized carbons (Fsp3) is 0.556. The van der Waals surface area contributed by atoms with Crippen molar-refractivity contribution in [2.45, 2.75) is 32.6 Å². The number of amides is 1. The molecular weight excluding hydrogens is 274 g/mol. The fourth-order valence-corrected chi connectivity index (χ4v) is 3.40. The van der Waals surface area contributed by atoms with Crippen LogP contribution in [-0.2, 0) is 4.79 Å². The molecule has 1 aromatic heterocycles. The van der Waals surface area contributed by atoms with Crippen molar-refractivity contribution in [1.82, 2.24) is 9.88 Å². The number of aromatic nitrogens is 1. The zero-order valence-electron chi connectivity index (χ0n) is 13.4. The molecular formula is C18H25N3O. The van der Waals surface area contributed by atoms with Gasteiger partial charge in [0, 0.05) is 49.7 Å². The molecule has 1 aromatic rings. The van der Waals surface area contributed by atoms with Crippen LogP contribution in [-0.4, -0.2) is 42.0 Å². The molecule has 3 rings (SSSR count). The molecule has 0 N–H and O–H groups in total. The van der Waals surface area contributed by atoms with Crippen molar-refractivity contribution in [3.8, 4) is 0 Å². The lowest BCUT2D eigenvalue weighted by Gasteiger charge is -2.27. The van der Waals surface area contributed by atoms with Crippen molar-refractivity contribution in [3.05, 3.63) is 36.2 Å². The summed E-state index contributed by atoms with van der Waals surface area (Å²) in [7, 11) is 0. The van der Waals surface area contributed by atoms with E-state index in [1.165, 1.54) is 5.69 Å². The second-order valence-electron chi connectivity index (χ2n) is 6.30. The Morgan fingerprint density at radius 1 is 1.23 bits per heavy atom. The molecule has 0 saturated carbocycles. The number of aryl methyl sites for hydroxylation is 1. The Kier molecular flexibility index (Phi) is 4.76. The van der Waals surface area contributed by atoms with Gasteiger partial charge in [0.25, 0.3) is 0 Å². The van der Waals surface area contributed by atoms with Crippen molar-refractivity contribution < 1.29 is 4.79 Å². The average molecular weight is 299 g/mol. The lowest BCUT2D eigenvalue weighted by molar-refractivity contribution is -0.135. The number of pyridine rings is 1. The SMILES string of the molecule is Cc1cc(N2CCCN(C(=O)[C@@H]3CC=CCC3)CC2)ccn1. The van der Waals surface area contributed by atoms with Gasteiger partial charge in [-0.05, 0) is 44.7 Å². The van der Waals surface area contributed by atoms with Crippen molar-refractivity contribution >= 4 is 11.6 Å². The smallest absolute Gasteiger partial charge is 0.226 e. The van der Waals surface area contributed by atoms with Crippen LogP contribution in [0.3, 0.4) is 0 Å². The molecule has 0 spiro atoms. The maximum absolute atomic E-state index is 12.7. The largest absolute Gasteiger partial charge is 0.370 e. The second-order valence-corrected chi connectivity index (χ2v) is 6.30. The van der Waals surface area contributed by atoms with E-state index in [2.05, 4.69) is 39.1 Å². The van der Waals surface area contributed by atoms with Crippen LogP contribution in [0.4, 0.5) is 5.69 Å². The molecule has 0 aromatic carbocycles. The highest BCUT2D eigenvalue weighted by Crippen LogP contribution is 2.22. The molecule has 2 heterocycles. The highest BCUT2D eigenvalue weighted by atomic mass is 16.2. The van der Waals surface area contributed by atoms with Crippen LogP contribution < -0.4 is 4.90 Å². The van der Waals surface area contributed by atoms with Gasteiger partial charge >= 0.3 is 0 Å². The molecule has 4 heteroatoms. The van der Waals surface area contributed by atoms with Crippen molar-refractivity contribution in [2.24, 2.45) is 5.92 Å². The summed E-state index contributed by atoms with van der Waals surface area (Å²) in [6, 6.07) is 4.19. The van der Waals surface area contributed by atoms with Gasteiger partial charge in [-0.15, -0.1) is 0 Å². The quantitative estimate of drug-likeness (QED) is 0.788. The number of anilines is 1. The van der Waals surface area contributed by atoms with E-state index in [9.17, 15) is 4.79 Å². The standard InChI is InChI=1S/C18H25N3O/c1-15-14-17(8-9-19-15)20-10-5-11-21(13-12-20)18(22)16-6-3-2-4-7-16/h2-3,8-9,14,16H,4-7,10-13H2,1H3/t16-/m1/s1. The first-order valence-electron chi connectivity index (χ1n) is 8.35. The van der Waals surface area contributed by atoms with Gasteiger partial charge in [-0.1, -0.05) is 12.2 Å². The second kappa shape index (κ2) is 6.95. The van der Waals surface area contributed by atoms with Crippen LogP contribution in [0, 0.1) is 12.8 Å². The van der Waals surface area contributed by atoms with Gasteiger partial charge < -0.3 is 9.80 Å². The molecule has 1 aliphatic heterocycles. The third-order valence-electron chi connectivity index (χ3n) is 4.67. The van der Waals surface area contributed by atoms with Crippen molar-refractivity contribution in [3.63, 3.8) is 0 Å². The van der Waals surface area contributed by atoms with Crippen LogP contribution in [0.15, 0.2) is 30.5 Å². The molecule has 1 fully saturated rings. The Balaban J connectivity index is 1.62. The molecule has 1 saturated heterocycles. The Labute approximate surface area is 132 Å². The lowest BCUT2D eigenvalue weighted by atomic mass is 9.93. The van der Waals surface area contributed by atoms with Gasteiger partial charge in [-0.2, -0.15) is 0 Å². The van der Waals surface area contributed by atoms with Crippen LogP contribution in [0.25, 0.3) is 0 Å². The van der Waals surface area contributed by atoms with Crippen LogP contribution in [0.2, 0.25) is 0 Å². The minimum absolute atomic E-state index is 0.208. The van der Waals surface area contributed by atoms with Crippen LogP contribution >= 0.6 is 0 Å². The Morgan fingerprint density at radius 3 is 2.91 bits per heavy atom. The van der Waals surface area contributed by atoms with E-state index in [4.69, 9.17) is 0 Å². The maximum Gasteiger partial charge on any atom is 0.226 e. The maximum atomic E-state index is 12.7. The molecule has 1 aliphatic carbocycles. The van der Waals surface area contributed by atoms with E-state index >= 15 is 0 Å². The highest BCUT2D eigenvalue weighted by Gasteiger charge is 2.26. The predicted octanol–water partition coefficient (Wildman–Crippen LogP) is 2.79. The molecule has 22 heavy (non-hydrogen) atoms. The monoisotopic (exact) mass is 299 g/mol. The summed E-state index contributed by atoms with van der Waals surface area (Å²) in [4.78, 5) is 21.4. The summed E-state index contributed by atoms with van der Waals surface area (Å²) in [6.45, 7) is 5.67. The van der Waals surface area contributed by atoms with Gasteiger partial charge in [0.15, 0.2) is 0 Å². The van der Waals surface area contributed by atoms with Gasteiger partial charge in [-0.25, -0.2) is 0 Å². The third kappa shape index (κ3) is 3.49. The molecule has 0 unspecified atom stereocenters. The Bertz CT molecular complexity index is 555. The van der Waals surface area contributed by atoms with Gasteiger partial charge in [0.1, 0.15) is 0 Å². The van der Waals surface area contributed by atoms with Gasteiger partial charge in [0.05, 0.1) is 0 Å². The average Bonchev–Trinajstić information content (AvgIpc) is 2.81. The van der Waals surface area contributed by atoms with Crippen molar-refractivity contribution in [2.75, 3.05) is 31.1 Å². The molecule has 4 nitrogen and oxygen atoms in total. The van der Waals surface area contributed by atoms with Crippen molar-refractivity contribution in [1.29, 1.82) is 0 Å².